The molecule has 2 aliphatic rings. The van der Waals surface area contributed by atoms with Crippen molar-refractivity contribution in [3.8, 4) is 11.5 Å². The summed E-state index contributed by atoms with van der Waals surface area (Å²) < 4.78 is 24.8. The Bertz CT molecular complexity index is 443. The lowest BCUT2D eigenvalue weighted by Crippen LogP contribution is -2.21. The Labute approximate surface area is 99.7 Å². The number of ether oxygens (including phenoxy) is 2. The Kier molecular flexibility index (Phi) is 2.47. The Morgan fingerprint density at radius 3 is 2.53 bits per heavy atom. The second-order valence-electron chi connectivity index (χ2n) is 4.79. The largest absolute Gasteiger partial charge is 0.489 e. The lowest BCUT2D eigenvalue weighted by atomic mass is 9.94. The minimum atomic E-state index is -0.349. The van der Waals surface area contributed by atoms with Crippen LogP contribution in [0.25, 0.3) is 0 Å². The molecular formula is C13H16FNO2. The highest BCUT2D eigenvalue weighted by molar-refractivity contribution is 5.53. The molecule has 0 aromatic heterocycles. The summed E-state index contributed by atoms with van der Waals surface area (Å²) in [5.41, 5.74) is 6.82. The molecule has 0 atom stereocenters. The molecule has 3 nitrogen and oxygen atoms in total. The molecule has 0 bridgehead atoms. The molecule has 92 valence electrons. The van der Waals surface area contributed by atoms with Crippen LogP contribution >= 0.6 is 0 Å². The SMILES string of the molecule is NCC1(c2ccc(F)c3c2OCCCO3)CC1. The molecule has 4 heteroatoms. The molecule has 0 unspecified atom stereocenters. The van der Waals surface area contributed by atoms with Gasteiger partial charge in [-0.15, -0.1) is 0 Å². The van der Waals surface area contributed by atoms with E-state index in [1.54, 1.807) is 6.07 Å². The van der Waals surface area contributed by atoms with Crippen molar-refractivity contribution in [1.82, 2.24) is 0 Å². The molecule has 0 spiro atoms. The predicted octanol–water partition coefficient (Wildman–Crippen LogP) is 1.98. The van der Waals surface area contributed by atoms with E-state index in [2.05, 4.69) is 0 Å². The van der Waals surface area contributed by atoms with Crippen LogP contribution in [-0.4, -0.2) is 19.8 Å². The highest BCUT2D eigenvalue weighted by atomic mass is 19.1. The van der Waals surface area contributed by atoms with Gasteiger partial charge in [0.05, 0.1) is 13.2 Å². The molecule has 3 rings (SSSR count). The van der Waals surface area contributed by atoms with Gasteiger partial charge in [-0.05, 0) is 18.9 Å². The van der Waals surface area contributed by atoms with Crippen LogP contribution in [0.2, 0.25) is 0 Å². The van der Waals surface area contributed by atoms with E-state index < -0.39 is 0 Å². The fraction of sp³-hybridized carbons (Fsp3) is 0.538. The van der Waals surface area contributed by atoms with Crippen LogP contribution in [0.5, 0.6) is 11.5 Å². The summed E-state index contributed by atoms with van der Waals surface area (Å²) >= 11 is 0. The smallest absolute Gasteiger partial charge is 0.197 e. The van der Waals surface area contributed by atoms with Crippen molar-refractivity contribution in [3.63, 3.8) is 0 Å². The minimum absolute atomic E-state index is 0.00845. The third-order valence-electron chi connectivity index (χ3n) is 3.66. The molecule has 0 radical (unpaired) electrons. The zero-order chi connectivity index (χ0) is 11.9. The minimum Gasteiger partial charge on any atom is -0.489 e. The van der Waals surface area contributed by atoms with Gasteiger partial charge in [0.15, 0.2) is 17.3 Å². The zero-order valence-corrected chi connectivity index (χ0v) is 9.67. The summed E-state index contributed by atoms with van der Waals surface area (Å²) in [6.45, 7) is 1.65. The van der Waals surface area contributed by atoms with Gasteiger partial charge in [0.25, 0.3) is 0 Å². The Balaban J connectivity index is 2.10. The number of hydrogen-bond acceptors (Lipinski definition) is 3. The van der Waals surface area contributed by atoms with Gasteiger partial charge >= 0.3 is 0 Å². The molecule has 1 fully saturated rings. The Hall–Kier alpha value is -1.29. The molecule has 2 N–H and O–H groups in total. The Morgan fingerprint density at radius 2 is 1.88 bits per heavy atom. The summed E-state index contributed by atoms with van der Waals surface area (Å²) in [4.78, 5) is 0. The maximum Gasteiger partial charge on any atom is 0.197 e. The fourth-order valence-corrected chi connectivity index (χ4v) is 2.38. The summed E-state index contributed by atoms with van der Waals surface area (Å²) in [7, 11) is 0. The lowest BCUT2D eigenvalue weighted by Gasteiger charge is -2.19. The van der Waals surface area contributed by atoms with Crippen molar-refractivity contribution in [2.45, 2.75) is 24.7 Å². The molecule has 1 aromatic carbocycles. The molecular weight excluding hydrogens is 221 g/mol. The van der Waals surface area contributed by atoms with Crippen LogP contribution in [0, 0.1) is 5.82 Å². The van der Waals surface area contributed by atoms with Crippen LogP contribution in [-0.2, 0) is 5.41 Å². The summed E-state index contributed by atoms with van der Waals surface area (Å²) in [5.74, 6) is 0.489. The summed E-state index contributed by atoms with van der Waals surface area (Å²) in [6.07, 6.45) is 2.87. The van der Waals surface area contributed by atoms with Crippen molar-refractivity contribution >= 4 is 0 Å². The second-order valence-corrected chi connectivity index (χ2v) is 4.79. The van der Waals surface area contributed by atoms with Crippen molar-refractivity contribution in [2.24, 2.45) is 5.73 Å². The third-order valence-corrected chi connectivity index (χ3v) is 3.66. The second kappa shape index (κ2) is 3.88. The molecule has 1 saturated carbocycles. The number of rotatable bonds is 2. The van der Waals surface area contributed by atoms with Crippen molar-refractivity contribution in [3.05, 3.63) is 23.5 Å². The average Bonchev–Trinajstić information content (AvgIpc) is 3.13. The highest BCUT2D eigenvalue weighted by Crippen LogP contribution is 2.53. The molecule has 0 amide bonds. The first-order valence-electron chi connectivity index (χ1n) is 6.05. The molecule has 17 heavy (non-hydrogen) atoms. The maximum atomic E-state index is 13.7. The first-order valence-corrected chi connectivity index (χ1v) is 6.05. The van der Waals surface area contributed by atoms with Gasteiger partial charge in [0.2, 0.25) is 0 Å². The molecule has 0 saturated heterocycles. The predicted molar refractivity (Wildman–Crippen MR) is 62.0 cm³/mol. The van der Waals surface area contributed by atoms with E-state index in [1.165, 1.54) is 6.07 Å². The first-order chi connectivity index (χ1) is 8.27. The normalized spacial score (nSPS) is 20.8. The van der Waals surface area contributed by atoms with Gasteiger partial charge in [-0.1, -0.05) is 6.07 Å². The maximum absolute atomic E-state index is 13.7. The summed E-state index contributed by atoms with van der Waals surface area (Å²) in [5, 5.41) is 0. The van der Waals surface area contributed by atoms with Crippen LogP contribution in [0.3, 0.4) is 0 Å². The molecule has 1 aliphatic carbocycles. The van der Waals surface area contributed by atoms with Gasteiger partial charge in [0, 0.05) is 23.9 Å². The van der Waals surface area contributed by atoms with E-state index in [9.17, 15) is 4.39 Å². The van der Waals surface area contributed by atoms with E-state index in [4.69, 9.17) is 15.2 Å². The van der Waals surface area contributed by atoms with E-state index in [0.717, 1.165) is 24.8 Å². The van der Waals surface area contributed by atoms with E-state index in [-0.39, 0.29) is 17.0 Å². The summed E-state index contributed by atoms with van der Waals surface area (Å²) in [6, 6.07) is 3.25. The van der Waals surface area contributed by atoms with Crippen LogP contribution < -0.4 is 15.2 Å². The quantitative estimate of drug-likeness (QED) is 0.855. The number of benzene rings is 1. The van der Waals surface area contributed by atoms with E-state index in [1.807, 2.05) is 0 Å². The van der Waals surface area contributed by atoms with Crippen molar-refractivity contribution in [1.29, 1.82) is 0 Å². The molecule has 1 aliphatic heterocycles. The van der Waals surface area contributed by atoms with E-state index >= 15 is 0 Å². The lowest BCUT2D eigenvalue weighted by molar-refractivity contribution is 0.291. The van der Waals surface area contributed by atoms with E-state index in [0.29, 0.717) is 25.5 Å². The van der Waals surface area contributed by atoms with Gasteiger partial charge in [-0.25, -0.2) is 4.39 Å². The first kappa shape index (κ1) is 10.8. The van der Waals surface area contributed by atoms with Gasteiger partial charge in [-0.2, -0.15) is 0 Å². The standard InChI is InChI=1S/C13H16FNO2/c14-10-3-2-9(13(8-15)4-5-13)11-12(10)17-7-1-6-16-11/h2-3H,1,4-8,15H2. The van der Waals surface area contributed by atoms with Gasteiger partial charge in [-0.3, -0.25) is 0 Å². The number of nitrogens with two attached hydrogens (primary N) is 1. The third kappa shape index (κ3) is 1.67. The van der Waals surface area contributed by atoms with Crippen LogP contribution in [0.4, 0.5) is 4.39 Å². The molecule has 1 aromatic rings. The van der Waals surface area contributed by atoms with Crippen LogP contribution in [0.15, 0.2) is 12.1 Å². The van der Waals surface area contributed by atoms with Crippen LogP contribution in [0.1, 0.15) is 24.8 Å². The van der Waals surface area contributed by atoms with Gasteiger partial charge in [0.1, 0.15) is 0 Å². The van der Waals surface area contributed by atoms with Gasteiger partial charge < -0.3 is 15.2 Å². The van der Waals surface area contributed by atoms with Crippen molar-refractivity contribution in [2.75, 3.05) is 19.8 Å². The Morgan fingerprint density at radius 1 is 1.18 bits per heavy atom. The fourth-order valence-electron chi connectivity index (χ4n) is 2.38. The molecule has 1 heterocycles. The number of halogens is 1. The average molecular weight is 237 g/mol. The monoisotopic (exact) mass is 237 g/mol. The number of fused-ring (bicyclic) bond motifs is 1. The highest BCUT2D eigenvalue weighted by Gasteiger charge is 2.46. The number of hydrogen-bond donors (Lipinski definition) is 1. The topological polar surface area (TPSA) is 44.5 Å². The zero-order valence-electron chi connectivity index (χ0n) is 9.67. The van der Waals surface area contributed by atoms with Crippen molar-refractivity contribution < 1.29 is 13.9 Å².